The monoisotopic (exact) mass is 297 g/mol. The number of halogens is 1. The Balaban J connectivity index is 0.00000200. The molecule has 0 radical (unpaired) electrons. The van der Waals surface area contributed by atoms with Gasteiger partial charge in [-0.3, -0.25) is 14.5 Å². The molecule has 20 heavy (non-hydrogen) atoms. The third-order valence-electron chi connectivity index (χ3n) is 3.54. The normalized spacial score (nSPS) is 23.0. The van der Waals surface area contributed by atoms with Crippen LogP contribution in [0.25, 0.3) is 0 Å². The highest BCUT2D eigenvalue weighted by atomic mass is 35.5. The first-order chi connectivity index (χ1) is 9.11. The van der Waals surface area contributed by atoms with E-state index in [1.54, 1.807) is 0 Å². The van der Waals surface area contributed by atoms with Gasteiger partial charge in [-0.25, -0.2) is 0 Å². The summed E-state index contributed by atoms with van der Waals surface area (Å²) in [7, 11) is 1.33. The summed E-state index contributed by atoms with van der Waals surface area (Å²) in [6.45, 7) is 3.77. The lowest BCUT2D eigenvalue weighted by Crippen LogP contribution is -2.48. The van der Waals surface area contributed by atoms with Gasteiger partial charge in [-0.1, -0.05) is 37.3 Å². The Morgan fingerprint density at radius 1 is 1.30 bits per heavy atom. The van der Waals surface area contributed by atoms with Crippen molar-refractivity contribution in [3.8, 4) is 0 Å². The average molecular weight is 298 g/mol. The zero-order valence-electron chi connectivity index (χ0n) is 11.7. The standard InChI is InChI=1S/C15H19NO3.ClH/c1-11-8-16(9-12-6-4-3-5-7-12)10-13(14(11)17)15(18)19-2;/h3-7,11,13H,8-10H2,1-2H3;1H. The Morgan fingerprint density at radius 2 is 1.95 bits per heavy atom. The van der Waals surface area contributed by atoms with Crippen molar-refractivity contribution in [2.45, 2.75) is 13.5 Å². The number of piperidine rings is 1. The summed E-state index contributed by atoms with van der Waals surface area (Å²) < 4.78 is 4.72. The van der Waals surface area contributed by atoms with Crippen molar-refractivity contribution in [3.05, 3.63) is 35.9 Å². The maximum atomic E-state index is 12.0. The number of hydrogen-bond donors (Lipinski definition) is 0. The van der Waals surface area contributed by atoms with Gasteiger partial charge in [-0.15, -0.1) is 12.4 Å². The highest BCUT2D eigenvalue weighted by molar-refractivity contribution is 6.00. The van der Waals surface area contributed by atoms with Gasteiger partial charge in [0.05, 0.1) is 7.11 Å². The van der Waals surface area contributed by atoms with Gasteiger partial charge in [-0.05, 0) is 5.56 Å². The van der Waals surface area contributed by atoms with Crippen LogP contribution in [0.4, 0.5) is 0 Å². The molecule has 0 amide bonds. The van der Waals surface area contributed by atoms with Crippen LogP contribution in [0.5, 0.6) is 0 Å². The van der Waals surface area contributed by atoms with E-state index >= 15 is 0 Å². The second-order valence-corrected chi connectivity index (χ2v) is 5.06. The molecule has 0 N–H and O–H groups in total. The molecule has 0 spiro atoms. The Labute approximate surface area is 125 Å². The van der Waals surface area contributed by atoms with Gasteiger partial charge >= 0.3 is 5.97 Å². The summed E-state index contributed by atoms with van der Waals surface area (Å²) in [5.74, 6) is -1.19. The van der Waals surface area contributed by atoms with E-state index in [0.29, 0.717) is 13.1 Å². The van der Waals surface area contributed by atoms with Gasteiger partial charge in [0.15, 0.2) is 5.78 Å². The lowest BCUT2D eigenvalue weighted by molar-refractivity contribution is -0.153. The number of ketones is 1. The Bertz CT molecular complexity index is 463. The zero-order chi connectivity index (χ0) is 13.8. The first-order valence-corrected chi connectivity index (χ1v) is 6.49. The molecule has 0 bridgehead atoms. The molecule has 1 fully saturated rings. The molecule has 1 aliphatic heterocycles. The summed E-state index contributed by atoms with van der Waals surface area (Å²) in [4.78, 5) is 25.8. The maximum absolute atomic E-state index is 12.0. The molecule has 2 unspecified atom stereocenters. The SMILES string of the molecule is COC(=O)C1CN(Cc2ccccc2)CC(C)C1=O.Cl. The van der Waals surface area contributed by atoms with Crippen LogP contribution in [0.3, 0.4) is 0 Å². The minimum Gasteiger partial charge on any atom is -0.468 e. The molecule has 1 aromatic rings. The van der Waals surface area contributed by atoms with Crippen LogP contribution in [-0.2, 0) is 20.9 Å². The van der Waals surface area contributed by atoms with Gasteiger partial charge in [0.25, 0.3) is 0 Å². The number of likely N-dealkylation sites (tertiary alicyclic amines) is 1. The Hall–Kier alpha value is -1.39. The molecule has 0 saturated carbocycles. The van der Waals surface area contributed by atoms with Crippen LogP contribution in [0, 0.1) is 11.8 Å². The number of Topliss-reactive ketones (excluding diaryl/α,β-unsaturated/α-hetero) is 1. The van der Waals surface area contributed by atoms with E-state index in [1.807, 2.05) is 37.3 Å². The number of ether oxygens (including phenoxy) is 1. The lowest BCUT2D eigenvalue weighted by atomic mass is 9.88. The van der Waals surface area contributed by atoms with E-state index in [0.717, 1.165) is 6.54 Å². The van der Waals surface area contributed by atoms with E-state index in [2.05, 4.69) is 4.90 Å². The second kappa shape index (κ2) is 7.41. The van der Waals surface area contributed by atoms with Crippen molar-refractivity contribution < 1.29 is 14.3 Å². The fourth-order valence-corrected chi connectivity index (χ4v) is 2.55. The number of nitrogens with zero attached hydrogens (tertiary/aromatic N) is 1. The van der Waals surface area contributed by atoms with E-state index in [-0.39, 0.29) is 24.1 Å². The fraction of sp³-hybridized carbons (Fsp3) is 0.467. The molecular formula is C15H20ClNO3. The predicted octanol–water partition coefficient (Wildman–Crippen LogP) is 1.92. The highest BCUT2D eigenvalue weighted by Crippen LogP contribution is 2.21. The molecule has 4 nitrogen and oxygen atoms in total. The number of carbonyl (C=O) groups excluding carboxylic acids is 2. The minimum absolute atomic E-state index is 0. The van der Waals surface area contributed by atoms with Crippen LogP contribution in [0.2, 0.25) is 0 Å². The number of esters is 1. The van der Waals surface area contributed by atoms with E-state index in [9.17, 15) is 9.59 Å². The molecular weight excluding hydrogens is 278 g/mol. The van der Waals surface area contributed by atoms with Crippen molar-refractivity contribution in [2.75, 3.05) is 20.2 Å². The lowest BCUT2D eigenvalue weighted by Gasteiger charge is -2.34. The molecule has 2 atom stereocenters. The Morgan fingerprint density at radius 3 is 2.55 bits per heavy atom. The number of hydrogen-bond acceptors (Lipinski definition) is 4. The van der Waals surface area contributed by atoms with Crippen LogP contribution in [0.15, 0.2) is 30.3 Å². The van der Waals surface area contributed by atoms with Gasteiger partial charge in [0.2, 0.25) is 0 Å². The van der Waals surface area contributed by atoms with Gasteiger partial charge in [-0.2, -0.15) is 0 Å². The highest BCUT2D eigenvalue weighted by Gasteiger charge is 2.37. The van der Waals surface area contributed by atoms with Crippen LogP contribution < -0.4 is 0 Å². The number of carbonyl (C=O) groups is 2. The van der Waals surface area contributed by atoms with E-state index in [4.69, 9.17) is 4.74 Å². The van der Waals surface area contributed by atoms with Crippen molar-refractivity contribution >= 4 is 24.2 Å². The second-order valence-electron chi connectivity index (χ2n) is 5.06. The first-order valence-electron chi connectivity index (χ1n) is 6.49. The van der Waals surface area contributed by atoms with Crippen LogP contribution in [-0.4, -0.2) is 36.9 Å². The molecule has 2 rings (SSSR count). The largest absolute Gasteiger partial charge is 0.468 e. The molecule has 1 heterocycles. The number of rotatable bonds is 3. The molecule has 1 aromatic carbocycles. The zero-order valence-corrected chi connectivity index (χ0v) is 12.6. The summed E-state index contributed by atoms with van der Waals surface area (Å²) in [5.41, 5.74) is 1.19. The third kappa shape index (κ3) is 3.81. The summed E-state index contributed by atoms with van der Waals surface area (Å²) >= 11 is 0. The van der Waals surface area contributed by atoms with Crippen molar-refractivity contribution in [1.29, 1.82) is 0 Å². The van der Waals surface area contributed by atoms with Gasteiger partial charge in [0, 0.05) is 25.6 Å². The van der Waals surface area contributed by atoms with E-state index < -0.39 is 11.9 Å². The summed E-state index contributed by atoms with van der Waals surface area (Å²) in [5, 5.41) is 0. The molecule has 110 valence electrons. The quantitative estimate of drug-likeness (QED) is 0.632. The van der Waals surface area contributed by atoms with Gasteiger partial charge in [0.1, 0.15) is 5.92 Å². The van der Waals surface area contributed by atoms with Crippen molar-refractivity contribution in [3.63, 3.8) is 0 Å². The average Bonchev–Trinajstić information content (AvgIpc) is 2.43. The Kier molecular flexibility index (Phi) is 6.17. The molecule has 1 saturated heterocycles. The predicted molar refractivity (Wildman–Crippen MR) is 78.6 cm³/mol. The van der Waals surface area contributed by atoms with E-state index in [1.165, 1.54) is 12.7 Å². The summed E-state index contributed by atoms with van der Waals surface area (Å²) in [6.07, 6.45) is 0. The van der Waals surface area contributed by atoms with Crippen molar-refractivity contribution in [2.24, 2.45) is 11.8 Å². The minimum atomic E-state index is -0.641. The first kappa shape index (κ1) is 16.7. The third-order valence-corrected chi connectivity index (χ3v) is 3.54. The maximum Gasteiger partial charge on any atom is 0.317 e. The number of methoxy groups -OCH3 is 1. The van der Waals surface area contributed by atoms with Crippen molar-refractivity contribution in [1.82, 2.24) is 4.90 Å². The molecule has 1 aliphatic rings. The molecule has 5 heteroatoms. The van der Waals surface area contributed by atoms with Crippen LogP contribution >= 0.6 is 12.4 Å². The van der Waals surface area contributed by atoms with Gasteiger partial charge < -0.3 is 4.74 Å². The fourth-order valence-electron chi connectivity index (χ4n) is 2.55. The number of benzene rings is 1. The molecule has 0 aromatic heterocycles. The topological polar surface area (TPSA) is 46.6 Å². The summed E-state index contributed by atoms with van der Waals surface area (Å²) in [6, 6.07) is 10.1. The smallest absolute Gasteiger partial charge is 0.317 e. The van der Waals surface area contributed by atoms with Crippen LogP contribution in [0.1, 0.15) is 12.5 Å². The molecule has 0 aliphatic carbocycles.